The van der Waals surface area contributed by atoms with Crippen LogP contribution in [0.2, 0.25) is 0 Å². The van der Waals surface area contributed by atoms with Crippen molar-refractivity contribution in [2.24, 2.45) is 0 Å². The average molecular weight is 222 g/mol. The summed E-state index contributed by atoms with van der Waals surface area (Å²) in [6.07, 6.45) is 3.86. The minimum Gasteiger partial charge on any atom is -0.0991 e. The summed E-state index contributed by atoms with van der Waals surface area (Å²) in [5.41, 5.74) is 1.38. The molecular weight excluding hydrogens is 211 g/mol. The Morgan fingerprint density at radius 3 is 2.38 bits per heavy atom. The zero-order chi connectivity index (χ0) is 6.57. The van der Waals surface area contributed by atoms with Gasteiger partial charge in [0.2, 0.25) is 0 Å². The molecule has 0 bridgehead atoms. The summed E-state index contributed by atoms with van der Waals surface area (Å²) >= 11 is 2.38. The molecule has 0 radical (unpaired) electrons. The highest BCUT2D eigenvalue weighted by Crippen LogP contribution is 2.09. The van der Waals surface area contributed by atoms with Crippen LogP contribution in [-0.2, 0) is 0 Å². The van der Waals surface area contributed by atoms with Gasteiger partial charge in [-0.25, -0.2) is 0 Å². The topological polar surface area (TPSA) is 0 Å². The zero-order valence-electron chi connectivity index (χ0n) is 5.32. The van der Waals surface area contributed by atoms with Crippen LogP contribution in [0.5, 0.6) is 0 Å². The molecule has 8 heavy (non-hydrogen) atoms. The summed E-state index contributed by atoms with van der Waals surface area (Å²) in [6, 6.07) is 0. The summed E-state index contributed by atoms with van der Waals surface area (Å²) in [4.78, 5) is 0. The summed E-state index contributed by atoms with van der Waals surface area (Å²) in [5.74, 6) is 0. The molecule has 0 nitrogen and oxygen atoms in total. The van der Waals surface area contributed by atoms with E-state index in [0.717, 1.165) is 0 Å². The molecule has 0 aromatic carbocycles. The van der Waals surface area contributed by atoms with E-state index in [-0.39, 0.29) is 0 Å². The molecule has 1 atom stereocenters. The average Bonchev–Trinajstić information content (AvgIpc) is 1.67. The predicted molar refractivity (Wildman–Crippen MR) is 47.4 cm³/mol. The lowest BCUT2D eigenvalue weighted by Crippen LogP contribution is -1.88. The van der Waals surface area contributed by atoms with Crippen LogP contribution in [0.1, 0.15) is 13.8 Å². The Morgan fingerprint density at radius 1 is 1.75 bits per heavy atom. The van der Waals surface area contributed by atoms with Crippen LogP contribution < -0.4 is 0 Å². The number of hydrogen-bond acceptors (Lipinski definition) is 0. The third-order valence-electron chi connectivity index (χ3n) is 1.01. The van der Waals surface area contributed by atoms with Gasteiger partial charge in [0.15, 0.2) is 0 Å². The van der Waals surface area contributed by atoms with Crippen LogP contribution in [0.25, 0.3) is 0 Å². The third kappa shape index (κ3) is 3.24. The standard InChI is InChI=1S/C7H11I/c1-4-5-6(2)7(3)8/h4-5,7H,1H2,2-3H3/b6-5+. The first-order valence-electron chi connectivity index (χ1n) is 2.61. The molecule has 0 spiro atoms. The molecule has 0 aromatic rings. The Hall–Kier alpha value is 0.210. The third-order valence-corrected chi connectivity index (χ3v) is 1.99. The number of halogens is 1. The van der Waals surface area contributed by atoms with Crippen LogP contribution in [0.3, 0.4) is 0 Å². The van der Waals surface area contributed by atoms with Crippen LogP contribution in [0.15, 0.2) is 24.3 Å². The maximum atomic E-state index is 3.60. The lowest BCUT2D eigenvalue weighted by Gasteiger charge is -1.98. The zero-order valence-corrected chi connectivity index (χ0v) is 7.47. The molecule has 0 fully saturated rings. The minimum absolute atomic E-state index is 0.630. The largest absolute Gasteiger partial charge is 0.0991 e. The van der Waals surface area contributed by atoms with Crippen LogP contribution in [0, 0.1) is 0 Å². The molecular formula is C7H11I. The van der Waals surface area contributed by atoms with Gasteiger partial charge in [-0.3, -0.25) is 0 Å². The molecule has 46 valence electrons. The van der Waals surface area contributed by atoms with E-state index in [1.54, 1.807) is 0 Å². The summed E-state index contributed by atoms with van der Waals surface area (Å²) < 4.78 is 0.630. The predicted octanol–water partition coefficient (Wildman–Crippen LogP) is 2.94. The van der Waals surface area contributed by atoms with Crippen LogP contribution in [-0.4, -0.2) is 3.92 Å². The van der Waals surface area contributed by atoms with Crippen LogP contribution >= 0.6 is 22.6 Å². The molecule has 0 aromatic heterocycles. The van der Waals surface area contributed by atoms with Crippen LogP contribution in [0.4, 0.5) is 0 Å². The second kappa shape index (κ2) is 4.13. The van der Waals surface area contributed by atoms with Crippen molar-refractivity contribution in [2.45, 2.75) is 17.8 Å². The Labute approximate surface area is 64.8 Å². The van der Waals surface area contributed by atoms with E-state index in [4.69, 9.17) is 0 Å². The van der Waals surface area contributed by atoms with Gasteiger partial charge in [0, 0.05) is 3.92 Å². The molecule has 0 saturated carbocycles. The van der Waals surface area contributed by atoms with E-state index in [2.05, 4.69) is 43.0 Å². The molecule has 0 aliphatic heterocycles. The molecule has 0 saturated heterocycles. The van der Waals surface area contributed by atoms with Gasteiger partial charge in [0.25, 0.3) is 0 Å². The van der Waals surface area contributed by atoms with Gasteiger partial charge < -0.3 is 0 Å². The normalized spacial score (nSPS) is 15.6. The lowest BCUT2D eigenvalue weighted by atomic mass is 10.2. The van der Waals surface area contributed by atoms with Crippen molar-refractivity contribution in [1.29, 1.82) is 0 Å². The minimum atomic E-state index is 0.630. The maximum absolute atomic E-state index is 3.60. The fourth-order valence-electron chi connectivity index (χ4n) is 0.318. The molecule has 0 rings (SSSR count). The van der Waals surface area contributed by atoms with Crippen molar-refractivity contribution in [1.82, 2.24) is 0 Å². The second-order valence-corrected chi connectivity index (χ2v) is 3.63. The SMILES string of the molecule is C=C/C=C(\C)C(C)I. The lowest BCUT2D eigenvalue weighted by molar-refractivity contribution is 1.16. The van der Waals surface area contributed by atoms with Crippen molar-refractivity contribution in [3.63, 3.8) is 0 Å². The number of allylic oxidation sites excluding steroid dienone is 3. The first-order chi connectivity index (χ1) is 3.68. The number of alkyl halides is 1. The highest BCUT2D eigenvalue weighted by Gasteiger charge is 1.93. The van der Waals surface area contributed by atoms with Gasteiger partial charge in [-0.1, -0.05) is 46.9 Å². The van der Waals surface area contributed by atoms with Gasteiger partial charge in [-0.15, -0.1) is 0 Å². The van der Waals surface area contributed by atoms with Gasteiger partial charge in [-0.05, 0) is 13.8 Å². The monoisotopic (exact) mass is 222 g/mol. The van der Waals surface area contributed by atoms with Gasteiger partial charge in [-0.2, -0.15) is 0 Å². The van der Waals surface area contributed by atoms with Crippen molar-refractivity contribution in [3.8, 4) is 0 Å². The van der Waals surface area contributed by atoms with Gasteiger partial charge >= 0.3 is 0 Å². The molecule has 0 N–H and O–H groups in total. The van der Waals surface area contributed by atoms with E-state index < -0.39 is 0 Å². The van der Waals surface area contributed by atoms with Crippen molar-refractivity contribution in [2.75, 3.05) is 0 Å². The first-order valence-corrected chi connectivity index (χ1v) is 3.86. The molecule has 1 heteroatoms. The maximum Gasteiger partial charge on any atom is 0.0290 e. The van der Waals surface area contributed by atoms with Gasteiger partial charge in [0.1, 0.15) is 0 Å². The number of hydrogen-bond donors (Lipinski definition) is 0. The quantitative estimate of drug-likeness (QED) is 0.382. The fraction of sp³-hybridized carbons (Fsp3) is 0.429. The Balaban J connectivity index is 3.78. The van der Waals surface area contributed by atoms with E-state index in [1.807, 2.05) is 12.2 Å². The van der Waals surface area contributed by atoms with Crippen molar-refractivity contribution >= 4 is 22.6 Å². The van der Waals surface area contributed by atoms with E-state index in [1.165, 1.54) is 5.57 Å². The van der Waals surface area contributed by atoms with E-state index in [0.29, 0.717) is 3.92 Å². The second-order valence-electron chi connectivity index (χ2n) is 1.76. The Bertz CT molecular complexity index is 101. The molecule has 0 aliphatic carbocycles. The molecule has 0 aliphatic rings. The summed E-state index contributed by atoms with van der Waals surface area (Å²) in [6.45, 7) is 7.88. The number of rotatable bonds is 2. The Morgan fingerprint density at radius 2 is 2.25 bits per heavy atom. The summed E-state index contributed by atoms with van der Waals surface area (Å²) in [5, 5.41) is 0. The molecule has 0 amide bonds. The molecule has 0 heterocycles. The van der Waals surface area contributed by atoms with E-state index >= 15 is 0 Å². The van der Waals surface area contributed by atoms with Crippen molar-refractivity contribution in [3.05, 3.63) is 24.3 Å². The fourth-order valence-corrected chi connectivity index (χ4v) is 0.526. The summed E-state index contributed by atoms with van der Waals surface area (Å²) in [7, 11) is 0. The van der Waals surface area contributed by atoms with E-state index in [9.17, 15) is 0 Å². The highest BCUT2D eigenvalue weighted by molar-refractivity contribution is 14.1. The Kier molecular flexibility index (Phi) is 4.23. The highest BCUT2D eigenvalue weighted by atomic mass is 127. The smallest absolute Gasteiger partial charge is 0.0290 e. The molecule has 1 unspecified atom stereocenters. The van der Waals surface area contributed by atoms with Gasteiger partial charge in [0.05, 0.1) is 0 Å². The first kappa shape index (κ1) is 8.21. The van der Waals surface area contributed by atoms with Crippen molar-refractivity contribution < 1.29 is 0 Å².